The van der Waals surface area contributed by atoms with E-state index in [1.54, 1.807) is 6.20 Å². The van der Waals surface area contributed by atoms with E-state index in [0.29, 0.717) is 0 Å². The molecule has 1 N–H and O–H groups in total. The van der Waals surface area contributed by atoms with Crippen LogP contribution in [0.2, 0.25) is 0 Å². The van der Waals surface area contributed by atoms with Crippen LogP contribution in [0, 0.1) is 0 Å². The molecule has 0 bridgehead atoms. The van der Waals surface area contributed by atoms with Gasteiger partial charge in [0, 0.05) is 6.04 Å². The predicted octanol–water partition coefficient (Wildman–Crippen LogP) is 4.01. The highest BCUT2D eigenvalue weighted by Gasteiger charge is 2.33. The zero-order valence-electron chi connectivity index (χ0n) is 11.2. The number of aliphatic hydroxyl groups is 1. The molecule has 1 aromatic heterocycles. The van der Waals surface area contributed by atoms with E-state index < -0.39 is 5.60 Å². The summed E-state index contributed by atoms with van der Waals surface area (Å²) >= 11 is 3.52. The molecule has 0 spiro atoms. The minimum Gasteiger partial charge on any atom is -0.384 e. The van der Waals surface area contributed by atoms with Crippen LogP contribution >= 0.6 is 15.9 Å². The fourth-order valence-electron chi connectivity index (χ4n) is 2.36. The second-order valence-electron chi connectivity index (χ2n) is 4.91. The van der Waals surface area contributed by atoms with Gasteiger partial charge < -0.3 is 5.11 Å². The molecule has 0 aromatic carbocycles. The molecule has 0 aliphatic rings. The Labute approximate surface area is 112 Å². The Kier molecular flexibility index (Phi) is 5.20. The van der Waals surface area contributed by atoms with Crippen LogP contribution in [-0.4, -0.2) is 14.9 Å². The van der Waals surface area contributed by atoms with E-state index in [4.69, 9.17) is 0 Å². The summed E-state index contributed by atoms with van der Waals surface area (Å²) in [6.07, 6.45) is 5.26. The average Bonchev–Trinajstić information content (AvgIpc) is 2.61. The smallest absolute Gasteiger partial charge is 0.107 e. The first-order chi connectivity index (χ1) is 7.96. The van der Waals surface area contributed by atoms with Crippen molar-refractivity contribution in [3.05, 3.63) is 16.4 Å². The van der Waals surface area contributed by atoms with Crippen molar-refractivity contribution >= 4 is 15.9 Å². The standard InChI is InChI=1S/C13H23BrN2O/c1-5-7-13(17,8-6-2)12-11(14)9-15-16(12)10(3)4/h9-10,17H,5-8H2,1-4H3. The van der Waals surface area contributed by atoms with Crippen LogP contribution in [0.3, 0.4) is 0 Å². The van der Waals surface area contributed by atoms with Crippen LogP contribution in [0.25, 0.3) is 0 Å². The highest BCUT2D eigenvalue weighted by Crippen LogP contribution is 2.37. The lowest BCUT2D eigenvalue weighted by atomic mass is 9.89. The molecule has 3 nitrogen and oxygen atoms in total. The van der Waals surface area contributed by atoms with Crippen molar-refractivity contribution in [2.75, 3.05) is 0 Å². The molecule has 0 atom stereocenters. The minimum atomic E-state index is -0.761. The van der Waals surface area contributed by atoms with Gasteiger partial charge in [-0.1, -0.05) is 26.7 Å². The molecular formula is C13H23BrN2O. The summed E-state index contributed by atoms with van der Waals surface area (Å²) in [5.41, 5.74) is 0.166. The first-order valence-electron chi connectivity index (χ1n) is 6.42. The summed E-state index contributed by atoms with van der Waals surface area (Å²) in [5.74, 6) is 0. The number of halogens is 1. The maximum absolute atomic E-state index is 10.9. The third kappa shape index (κ3) is 3.10. The second kappa shape index (κ2) is 6.01. The van der Waals surface area contributed by atoms with Crippen molar-refractivity contribution in [1.82, 2.24) is 9.78 Å². The molecule has 0 radical (unpaired) electrons. The Balaban J connectivity index is 3.21. The molecule has 0 fully saturated rings. The van der Waals surface area contributed by atoms with Crippen LogP contribution in [0.4, 0.5) is 0 Å². The van der Waals surface area contributed by atoms with Crippen LogP contribution < -0.4 is 0 Å². The Morgan fingerprint density at radius 3 is 2.29 bits per heavy atom. The van der Waals surface area contributed by atoms with Crippen LogP contribution in [0.5, 0.6) is 0 Å². The van der Waals surface area contributed by atoms with E-state index >= 15 is 0 Å². The highest BCUT2D eigenvalue weighted by molar-refractivity contribution is 9.10. The SMILES string of the molecule is CCCC(O)(CCC)c1c(Br)cnn1C(C)C. The Morgan fingerprint density at radius 2 is 1.88 bits per heavy atom. The summed E-state index contributed by atoms with van der Waals surface area (Å²) in [5, 5.41) is 15.2. The first-order valence-corrected chi connectivity index (χ1v) is 7.21. The molecule has 0 saturated heterocycles. The summed E-state index contributed by atoms with van der Waals surface area (Å²) in [7, 11) is 0. The Morgan fingerprint density at radius 1 is 1.35 bits per heavy atom. The largest absolute Gasteiger partial charge is 0.384 e. The molecule has 1 aromatic rings. The maximum atomic E-state index is 10.9. The minimum absolute atomic E-state index is 0.261. The van der Waals surface area contributed by atoms with Crippen molar-refractivity contribution in [2.45, 2.75) is 65.0 Å². The molecule has 17 heavy (non-hydrogen) atoms. The fraction of sp³-hybridized carbons (Fsp3) is 0.769. The quantitative estimate of drug-likeness (QED) is 0.862. The van der Waals surface area contributed by atoms with Gasteiger partial charge in [0.25, 0.3) is 0 Å². The lowest BCUT2D eigenvalue weighted by Gasteiger charge is -2.30. The van der Waals surface area contributed by atoms with E-state index in [-0.39, 0.29) is 6.04 Å². The molecule has 4 heteroatoms. The third-order valence-corrected chi connectivity index (χ3v) is 3.59. The van der Waals surface area contributed by atoms with Gasteiger partial charge in [-0.15, -0.1) is 0 Å². The van der Waals surface area contributed by atoms with Crippen LogP contribution in [-0.2, 0) is 5.60 Å². The number of hydrogen-bond donors (Lipinski definition) is 1. The van der Waals surface area contributed by atoms with Gasteiger partial charge in [-0.25, -0.2) is 0 Å². The zero-order valence-corrected chi connectivity index (χ0v) is 12.8. The number of hydrogen-bond acceptors (Lipinski definition) is 2. The van der Waals surface area contributed by atoms with Crippen molar-refractivity contribution in [3.63, 3.8) is 0 Å². The molecule has 0 amide bonds. The van der Waals surface area contributed by atoms with Gasteiger partial charge in [-0.3, -0.25) is 4.68 Å². The molecule has 0 aliphatic carbocycles. The van der Waals surface area contributed by atoms with Gasteiger partial charge >= 0.3 is 0 Å². The van der Waals surface area contributed by atoms with Crippen molar-refractivity contribution in [3.8, 4) is 0 Å². The number of nitrogens with zero attached hydrogens (tertiary/aromatic N) is 2. The summed E-state index contributed by atoms with van der Waals surface area (Å²) in [6.45, 7) is 8.37. The van der Waals surface area contributed by atoms with E-state index in [0.717, 1.165) is 35.8 Å². The van der Waals surface area contributed by atoms with E-state index in [1.807, 2.05) is 4.68 Å². The molecule has 98 valence electrons. The van der Waals surface area contributed by atoms with Gasteiger partial charge in [-0.2, -0.15) is 5.10 Å². The fourth-order valence-corrected chi connectivity index (χ4v) is 3.00. The van der Waals surface area contributed by atoms with Crippen molar-refractivity contribution < 1.29 is 5.11 Å². The van der Waals surface area contributed by atoms with Crippen LogP contribution in [0.15, 0.2) is 10.7 Å². The zero-order chi connectivity index (χ0) is 13.1. The van der Waals surface area contributed by atoms with Crippen molar-refractivity contribution in [2.24, 2.45) is 0 Å². The third-order valence-electron chi connectivity index (χ3n) is 3.01. The summed E-state index contributed by atoms with van der Waals surface area (Å²) in [4.78, 5) is 0. The molecular weight excluding hydrogens is 280 g/mol. The summed E-state index contributed by atoms with van der Waals surface area (Å²) in [6, 6.07) is 0.261. The predicted molar refractivity (Wildman–Crippen MR) is 74.0 cm³/mol. The van der Waals surface area contributed by atoms with Crippen molar-refractivity contribution in [1.29, 1.82) is 0 Å². The molecule has 1 heterocycles. The van der Waals surface area contributed by atoms with Gasteiger partial charge in [-0.05, 0) is 42.6 Å². The molecule has 0 saturated carbocycles. The van der Waals surface area contributed by atoms with Gasteiger partial charge in [0.05, 0.1) is 16.4 Å². The van der Waals surface area contributed by atoms with Gasteiger partial charge in [0.1, 0.15) is 5.60 Å². The number of aromatic nitrogens is 2. The monoisotopic (exact) mass is 302 g/mol. The highest BCUT2D eigenvalue weighted by atomic mass is 79.9. The van der Waals surface area contributed by atoms with E-state index in [9.17, 15) is 5.11 Å². The van der Waals surface area contributed by atoms with Gasteiger partial charge in [0.2, 0.25) is 0 Å². The van der Waals surface area contributed by atoms with Crippen LogP contribution in [0.1, 0.15) is 65.1 Å². The lowest BCUT2D eigenvalue weighted by Crippen LogP contribution is -2.30. The van der Waals surface area contributed by atoms with E-state index in [1.165, 1.54) is 0 Å². The molecule has 0 unspecified atom stereocenters. The molecule has 0 aliphatic heterocycles. The number of rotatable bonds is 6. The molecule has 1 rings (SSSR count). The maximum Gasteiger partial charge on any atom is 0.107 e. The topological polar surface area (TPSA) is 38.1 Å². The lowest BCUT2D eigenvalue weighted by molar-refractivity contribution is 0.00652. The first kappa shape index (κ1) is 14.7. The van der Waals surface area contributed by atoms with Gasteiger partial charge in [0.15, 0.2) is 0 Å². The Bertz CT molecular complexity index is 354. The normalized spacial score (nSPS) is 12.4. The average molecular weight is 303 g/mol. The Hall–Kier alpha value is -0.350. The summed E-state index contributed by atoms with van der Waals surface area (Å²) < 4.78 is 2.84. The van der Waals surface area contributed by atoms with E-state index in [2.05, 4.69) is 48.7 Å². The second-order valence-corrected chi connectivity index (χ2v) is 5.77.